The highest BCUT2D eigenvalue weighted by molar-refractivity contribution is 6.33. The summed E-state index contributed by atoms with van der Waals surface area (Å²) >= 11 is 6.15. The third-order valence-electron chi connectivity index (χ3n) is 5.42. The number of rotatable bonds is 5. The summed E-state index contributed by atoms with van der Waals surface area (Å²) in [6, 6.07) is 21.9. The Morgan fingerprint density at radius 3 is 2.31 bits per heavy atom. The minimum absolute atomic E-state index is 0.0546. The fraction of sp³-hybridized carbons (Fsp3) is 0.0741. The van der Waals surface area contributed by atoms with Crippen molar-refractivity contribution in [2.45, 2.75) is 6.18 Å². The van der Waals surface area contributed by atoms with Crippen LogP contribution < -0.4 is 10.6 Å². The maximum absolute atomic E-state index is 13.2. The van der Waals surface area contributed by atoms with E-state index in [1.807, 2.05) is 30.3 Å². The molecule has 9 heteroatoms. The lowest BCUT2D eigenvalue weighted by atomic mass is 10.0. The highest BCUT2D eigenvalue weighted by Crippen LogP contribution is 2.28. The number of alkyl halides is 3. The van der Waals surface area contributed by atoms with Crippen LogP contribution in [0.3, 0.4) is 0 Å². The first-order valence-corrected chi connectivity index (χ1v) is 11.1. The number of hydrogen-bond donors (Lipinski definition) is 1. The summed E-state index contributed by atoms with van der Waals surface area (Å²) in [5.41, 5.74) is 4.82. The molecule has 0 atom stereocenters. The van der Waals surface area contributed by atoms with Crippen molar-refractivity contribution < 1.29 is 18.0 Å². The second-order valence-corrected chi connectivity index (χ2v) is 8.25. The smallest absolute Gasteiger partial charge is 0.395 e. The number of para-hydroxylation sites is 1. The first-order chi connectivity index (χ1) is 17.1. The quantitative estimate of drug-likeness (QED) is 0.305. The lowest BCUT2D eigenvalue weighted by Crippen LogP contribution is -2.27. The minimum atomic E-state index is -4.73. The predicted molar refractivity (Wildman–Crippen MR) is 137 cm³/mol. The standard InChI is InChI=1S/C27H20ClF3N4O/c1-35(25-20-7-3-2-6-17(20)14-15-33-25)26(36)19-12-10-18(11-13-19)23(16-24(32)27(29,30)31)34-22-9-5-4-8-21(22)28/h2-16H,32H2,1H3. The molecule has 0 bridgehead atoms. The molecule has 0 radical (unpaired) electrons. The van der Waals surface area contributed by atoms with Crippen LogP contribution in [0, 0.1) is 0 Å². The lowest BCUT2D eigenvalue weighted by Gasteiger charge is -2.18. The number of anilines is 1. The van der Waals surface area contributed by atoms with E-state index in [1.165, 1.54) is 29.2 Å². The first-order valence-electron chi connectivity index (χ1n) is 10.7. The van der Waals surface area contributed by atoms with Crippen molar-refractivity contribution in [2.24, 2.45) is 10.7 Å². The third-order valence-corrected chi connectivity index (χ3v) is 5.74. The number of nitrogens with zero attached hydrogens (tertiary/aromatic N) is 3. The number of pyridine rings is 1. The van der Waals surface area contributed by atoms with Gasteiger partial charge in [0.05, 0.1) is 16.4 Å². The van der Waals surface area contributed by atoms with E-state index in [0.717, 1.165) is 16.8 Å². The molecule has 4 aromatic rings. The SMILES string of the molecule is CN(C(=O)c1ccc(C(C=C(N)C(F)(F)F)=Nc2ccccc2Cl)cc1)c1nccc2ccccc12. The highest BCUT2D eigenvalue weighted by atomic mass is 35.5. The van der Waals surface area contributed by atoms with Crippen LogP contribution >= 0.6 is 11.6 Å². The van der Waals surface area contributed by atoms with Crippen molar-refractivity contribution in [1.82, 2.24) is 4.98 Å². The maximum atomic E-state index is 13.2. The van der Waals surface area contributed by atoms with Gasteiger partial charge in [0.2, 0.25) is 0 Å². The van der Waals surface area contributed by atoms with Gasteiger partial charge in [0.25, 0.3) is 5.91 Å². The van der Waals surface area contributed by atoms with E-state index in [1.54, 1.807) is 37.5 Å². The average molecular weight is 509 g/mol. The molecule has 0 saturated heterocycles. The van der Waals surface area contributed by atoms with Gasteiger partial charge in [0.1, 0.15) is 11.5 Å². The van der Waals surface area contributed by atoms with Crippen molar-refractivity contribution in [2.75, 3.05) is 11.9 Å². The van der Waals surface area contributed by atoms with Crippen LogP contribution in [-0.2, 0) is 0 Å². The van der Waals surface area contributed by atoms with Gasteiger partial charge in [0.15, 0.2) is 0 Å². The zero-order valence-corrected chi connectivity index (χ0v) is 19.8. The number of aromatic nitrogens is 1. The summed E-state index contributed by atoms with van der Waals surface area (Å²) in [7, 11) is 1.61. The Bertz CT molecular complexity index is 1480. The van der Waals surface area contributed by atoms with E-state index < -0.39 is 11.9 Å². The number of halogens is 4. The monoisotopic (exact) mass is 508 g/mol. The first kappa shape index (κ1) is 24.9. The fourth-order valence-corrected chi connectivity index (χ4v) is 3.70. The molecule has 0 aliphatic heterocycles. The van der Waals surface area contributed by atoms with Crippen LogP contribution in [0.4, 0.5) is 24.7 Å². The molecule has 0 aliphatic carbocycles. The molecular weight excluding hydrogens is 489 g/mol. The van der Waals surface area contributed by atoms with E-state index >= 15 is 0 Å². The molecule has 0 spiro atoms. The molecule has 4 rings (SSSR count). The van der Waals surface area contributed by atoms with Gasteiger partial charge in [-0.15, -0.1) is 0 Å². The normalized spacial score (nSPS) is 12.6. The Kier molecular flexibility index (Phi) is 7.07. The Morgan fingerprint density at radius 2 is 1.61 bits per heavy atom. The van der Waals surface area contributed by atoms with Gasteiger partial charge in [-0.05, 0) is 41.8 Å². The van der Waals surface area contributed by atoms with Crippen molar-refractivity contribution >= 4 is 45.5 Å². The number of carbonyl (C=O) groups excluding carboxylic acids is 1. The van der Waals surface area contributed by atoms with E-state index in [4.69, 9.17) is 17.3 Å². The molecule has 2 N–H and O–H groups in total. The molecule has 1 heterocycles. The van der Waals surface area contributed by atoms with Crippen LogP contribution in [0.2, 0.25) is 5.02 Å². The van der Waals surface area contributed by atoms with Crippen LogP contribution in [0.1, 0.15) is 15.9 Å². The van der Waals surface area contributed by atoms with Crippen molar-refractivity contribution in [3.8, 4) is 0 Å². The second kappa shape index (κ2) is 10.2. The lowest BCUT2D eigenvalue weighted by molar-refractivity contribution is -0.0925. The third kappa shape index (κ3) is 5.39. The van der Waals surface area contributed by atoms with Crippen LogP contribution in [-0.4, -0.2) is 29.8 Å². The molecule has 36 heavy (non-hydrogen) atoms. The molecule has 0 saturated carbocycles. The predicted octanol–water partition coefficient (Wildman–Crippen LogP) is 6.69. The average Bonchev–Trinajstić information content (AvgIpc) is 2.88. The minimum Gasteiger partial charge on any atom is -0.395 e. The molecule has 1 amide bonds. The molecule has 182 valence electrons. The van der Waals surface area contributed by atoms with Crippen molar-refractivity contribution in [3.05, 3.63) is 113 Å². The molecule has 0 aliphatic rings. The summed E-state index contributed by atoms with van der Waals surface area (Å²) in [5.74, 6) is 0.157. The Balaban J connectivity index is 1.69. The largest absolute Gasteiger partial charge is 0.430 e. The number of aliphatic imine (C=N–C) groups is 1. The van der Waals surface area contributed by atoms with Gasteiger partial charge in [-0.3, -0.25) is 9.69 Å². The van der Waals surface area contributed by atoms with E-state index in [0.29, 0.717) is 16.9 Å². The number of benzene rings is 3. The number of allylic oxidation sites excluding steroid dienone is 2. The van der Waals surface area contributed by atoms with Crippen LogP contribution in [0.15, 0.2) is 102 Å². The van der Waals surface area contributed by atoms with Gasteiger partial charge in [-0.25, -0.2) is 9.98 Å². The number of fused-ring (bicyclic) bond motifs is 1. The zero-order valence-electron chi connectivity index (χ0n) is 19.0. The summed E-state index contributed by atoms with van der Waals surface area (Å²) in [6.07, 6.45) is -2.36. The number of amides is 1. The fourth-order valence-electron chi connectivity index (χ4n) is 3.53. The summed E-state index contributed by atoms with van der Waals surface area (Å²) < 4.78 is 39.4. The maximum Gasteiger partial charge on any atom is 0.430 e. The molecule has 5 nitrogen and oxygen atoms in total. The summed E-state index contributed by atoms with van der Waals surface area (Å²) in [4.78, 5) is 23.3. The summed E-state index contributed by atoms with van der Waals surface area (Å²) in [5, 5.41) is 2.02. The molecule has 3 aromatic carbocycles. The Hall–Kier alpha value is -4.17. The van der Waals surface area contributed by atoms with E-state index in [9.17, 15) is 18.0 Å². The Morgan fingerprint density at radius 1 is 0.972 bits per heavy atom. The topological polar surface area (TPSA) is 71.6 Å². The van der Waals surface area contributed by atoms with Gasteiger partial charge < -0.3 is 5.73 Å². The van der Waals surface area contributed by atoms with E-state index in [2.05, 4.69) is 9.98 Å². The number of hydrogen-bond acceptors (Lipinski definition) is 4. The van der Waals surface area contributed by atoms with Gasteiger partial charge in [0, 0.05) is 29.8 Å². The van der Waals surface area contributed by atoms with Gasteiger partial charge >= 0.3 is 6.18 Å². The summed E-state index contributed by atoms with van der Waals surface area (Å²) in [6.45, 7) is 0. The highest BCUT2D eigenvalue weighted by Gasteiger charge is 2.31. The second-order valence-electron chi connectivity index (χ2n) is 7.84. The Labute approximate surface area is 210 Å². The molecule has 1 aromatic heterocycles. The van der Waals surface area contributed by atoms with Crippen LogP contribution in [0.5, 0.6) is 0 Å². The number of nitrogens with two attached hydrogens (primary N) is 1. The van der Waals surface area contributed by atoms with Crippen LogP contribution in [0.25, 0.3) is 10.8 Å². The van der Waals surface area contributed by atoms with Crippen molar-refractivity contribution in [3.63, 3.8) is 0 Å². The van der Waals surface area contributed by atoms with Gasteiger partial charge in [-0.2, -0.15) is 13.2 Å². The van der Waals surface area contributed by atoms with E-state index in [-0.39, 0.29) is 22.3 Å². The molecular formula is C27H20ClF3N4O. The van der Waals surface area contributed by atoms with Gasteiger partial charge in [-0.1, -0.05) is 60.1 Å². The van der Waals surface area contributed by atoms with Crippen molar-refractivity contribution in [1.29, 1.82) is 0 Å². The molecule has 0 fully saturated rings. The molecule has 0 unspecified atom stereocenters. The zero-order chi connectivity index (χ0) is 25.9. The number of carbonyl (C=O) groups is 1.